The fraction of sp³-hybridized carbons (Fsp3) is 0.148. The van der Waals surface area contributed by atoms with Gasteiger partial charge in [-0.1, -0.05) is 78.4 Å². The number of Topliss-reactive ketones (excluding diaryl/α,β-unsaturated/α-hetero) is 1. The van der Waals surface area contributed by atoms with Crippen LogP contribution < -0.4 is 0 Å². The number of esters is 1. The minimum Gasteiger partial charge on any atom is -0.451 e. The van der Waals surface area contributed by atoms with Crippen LogP contribution >= 0.6 is 0 Å². The third kappa shape index (κ3) is 4.24. The molecule has 0 aliphatic carbocycles. The van der Waals surface area contributed by atoms with Crippen molar-refractivity contribution in [2.24, 2.45) is 0 Å². The summed E-state index contributed by atoms with van der Waals surface area (Å²) in [5.41, 5.74) is 5.38. The van der Waals surface area contributed by atoms with E-state index in [0.717, 1.165) is 22.2 Å². The van der Waals surface area contributed by atoms with Gasteiger partial charge in [0, 0.05) is 16.5 Å². The number of fused-ring (bicyclic) bond motifs is 1. The molecule has 1 unspecified atom stereocenters. The molecule has 0 radical (unpaired) electrons. The Morgan fingerprint density at radius 2 is 1.58 bits per heavy atom. The SMILES string of the molecule is Cc1ccc(-c2cc(C(=O)OC(C)C(=O)c3ccccc3)c3cccc(C)c3n2)cc1. The number of aryl methyl sites for hydroxylation is 2. The maximum Gasteiger partial charge on any atom is 0.339 e. The van der Waals surface area contributed by atoms with Crippen LogP contribution in [0.4, 0.5) is 0 Å². The van der Waals surface area contributed by atoms with Crippen molar-refractivity contribution >= 4 is 22.7 Å². The van der Waals surface area contributed by atoms with Gasteiger partial charge in [0.2, 0.25) is 5.78 Å². The second-order valence-electron chi connectivity index (χ2n) is 7.67. The molecule has 4 nitrogen and oxygen atoms in total. The number of hydrogen-bond donors (Lipinski definition) is 0. The number of carbonyl (C=O) groups is 2. The largest absolute Gasteiger partial charge is 0.451 e. The molecule has 4 aromatic rings. The maximum atomic E-state index is 13.2. The molecular weight excluding hydrogens is 386 g/mol. The molecule has 1 heterocycles. The van der Waals surface area contributed by atoms with Crippen LogP contribution in [-0.2, 0) is 4.74 Å². The molecule has 31 heavy (non-hydrogen) atoms. The summed E-state index contributed by atoms with van der Waals surface area (Å²) in [5, 5.41) is 0.709. The van der Waals surface area contributed by atoms with E-state index in [1.165, 1.54) is 0 Å². The molecule has 0 saturated heterocycles. The predicted octanol–water partition coefficient (Wildman–Crippen LogP) is 5.95. The minimum absolute atomic E-state index is 0.234. The van der Waals surface area contributed by atoms with Crippen molar-refractivity contribution in [3.63, 3.8) is 0 Å². The highest BCUT2D eigenvalue weighted by Crippen LogP contribution is 2.28. The fourth-order valence-corrected chi connectivity index (χ4v) is 3.55. The standard InChI is InChI=1S/C27H23NO3/c1-17-12-14-20(15-13-17)24-16-23(22-11-7-8-18(2)25(22)28-24)27(30)31-19(3)26(29)21-9-5-4-6-10-21/h4-16,19H,1-3H3. The molecule has 0 N–H and O–H groups in total. The quantitative estimate of drug-likeness (QED) is 0.302. The first-order valence-electron chi connectivity index (χ1n) is 10.2. The van der Waals surface area contributed by atoms with Crippen LogP contribution in [0.3, 0.4) is 0 Å². The Hall–Kier alpha value is -3.79. The number of aromatic nitrogens is 1. The topological polar surface area (TPSA) is 56.3 Å². The van der Waals surface area contributed by atoms with Gasteiger partial charge < -0.3 is 4.74 Å². The molecule has 4 heteroatoms. The Balaban J connectivity index is 1.73. The van der Waals surface area contributed by atoms with Gasteiger partial charge in [0.1, 0.15) is 0 Å². The number of benzene rings is 3. The average Bonchev–Trinajstić information content (AvgIpc) is 2.79. The van der Waals surface area contributed by atoms with Crippen molar-refractivity contribution in [3.05, 3.63) is 101 Å². The number of ether oxygens (including phenoxy) is 1. The number of hydrogen-bond acceptors (Lipinski definition) is 4. The van der Waals surface area contributed by atoms with Crippen LogP contribution in [0.1, 0.15) is 38.8 Å². The van der Waals surface area contributed by atoms with Crippen LogP contribution in [0, 0.1) is 13.8 Å². The van der Waals surface area contributed by atoms with Crippen LogP contribution in [0.2, 0.25) is 0 Å². The lowest BCUT2D eigenvalue weighted by molar-refractivity contribution is 0.0320. The zero-order valence-corrected chi connectivity index (χ0v) is 17.8. The van der Waals surface area contributed by atoms with Crippen LogP contribution in [-0.4, -0.2) is 22.8 Å². The summed E-state index contributed by atoms with van der Waals surface area (Å²) < 4.78 is 5.59. The molecule has 0 spiro atoms. The lowest BCUT2D eigenvalue weighted by Gasteiger charge is -2.15. The number of para-hydroxylation sites is 1. The highest BCUT2D eigenvalue weighted by Gasteiger charge is 2.23. The summed E-state index contributed by atoms with van der Waals surface area (Å²) in [5.74, 6) is -0.773. The van der Waals surface area contributed by atoms with Crippen molar-refractivity contribution < 1.29 is 14.3 Å². The predicted molar refractivity (Wildman–Crippen MR) is 122 cm³/mol. The van der Waals surface area contributed by atoms with Gasteiger partial charge in [-0.2, -0.15) is 0 Å². The highest BCUT2D eigenvalue weighted by molar-refractivity contribution is 6.07. The van der Waals surface area contributed by atoms with Gasteiger partial charge in [-0.15, -0.1) is 0 Å². The van der Waals surface area contributed by atoms with E-state index >= 15 is 0 Å². The van der Waals surface area contributed by atoms with Gasteiger partial charge in [-0.05, 0) is 32.4 Å². The van der Waals surface area contributed by atoms with Crippen molar-refractivity contribution in [1.82, 2.24) is 4.98 Å². The second-order valence-corrected chi connectivity index (χ2v) is 7.67. The van der Waals surface area contributed by atoms with Crippen molar-refractivity contribution in [1.29, 1.82) is 0 Å². The van der Waals surface area contributed by atoms with Crippen molar-refractivity contribution in [3.8, 4) is 11.3 Å². The smallest absolute Gasteiger partial charge is 0.339 e. The number of ketones is 1. The number of carbonyl (C=O) groups excluding carboxylic acids is 2. The third-order valence-electron chi connectivity index (χ3n) is 5.32. The lowest BCUT2D eigenvalue weighted by Crippen LogP contribution is -2.24. The van der Waals surface area contributed by atoms with E-state index in [4.69, 9.17) is 9.72 Å². The zero-order chi connectivity index (χ0) is 22.0. The summed E-state index contributed by atoms with van der Waals surface area (Å²) in [6, 6.07) is 24.3. The van der Waals surface area contributed by atoms with E-state index in [0.29, 0.717) is 22.2 Å². The summed E-state index contributed by atoms with van der Waals surface area (Å²) in [7, 11) is 0. The fourth-order valence-electron chi connectivity index (χ4n) is 3.55. The zero-order valence-electron chi connectivity index (χ0n) is 17.8. The van der Waals surface area contributed by atoms with E-state index < -0.39 is 12.1 Å². The van der Waals surface area contributed by atoms with Gasteiger partial charge in [0.15, 0.2) is 6.10 Å². The van der Waals surface area contributed by atoms with Gasteiger partial charge >= 0.3 is 5.97 Å². The molecule has 154 valence electrons. The first-order valence-corrected chi connectivity index (χ1v) is 10.2. The van der Waals surface area contributed by atoms with Crippen molar-refractivity contribution in [2.45, 2.75) is 26.9 Å². The molecule has 1 aromatic heterocycles. The molecule has 1 atom stereocenters. The molecule has 0 bridgehead atoms. The van der Waals surface area contributed by atoms with Crippen LogP contribution in [0.5, 0.6) is 0 Å². The van der Waals surface area contributed by atoms with Crippen LogP contribution in [0.25, 0.3) is 22.2 Å². The Kier molecular flexibility index (Phi) is 5.63. The van der Waals surface area contributed by atoms with Gasteiger partial charge in [0.25, 0.3) is 0 Å². The first kappa shape index (κ1) is 20.5. The molecule has 0 fully saturated rings. The maximum absolute atomic E-state index is 13.2. The Morgan fingerprint density at radius 3 is 2.29 bits per heavy atom. The summed E-state index contributed by atoms with van der Waals surface area (Å²) >= 11 is 0. The molecule has 3 aromatic carbocycles. The Labute approximate surface area is 181 Å². The van der Waals surface area contributed by atoms with Gasteiger partial charge in [-0.3, -0.25) is 4.79 Å². The number of pyridine rings is 1. The van der Waals surface area contributed by atoms with E-state index in [2.05, 4.69) is 0 Å². The number of nitrogens with zero attached hydrogens (tertiary/aromatic N) is 1. The molecule has 0 amide bonds. The van der Waals surface area contributed by atoms with Crippen molar-refractivity contribution in [2.75, 3.05) is 0 Å². The number of rotatable bonds is 5. The van der Waals surface area contributed by atoms with E-state index in [9.17, 15) is 9.59 Å². The third-order valence-corrected chi connectivity index (χ3v) is 5.32. The van der Waals surface area contributed by atoms with E-state index in [-0.39, 0.29) is 5.78 Å². The molecule has 4 rings (SSSR count). The highest BCUT2D eigenvalue weighted by atomic mass is 16.5. The average molecular weight is 409 g/mol. The van der Waals surface area contributed by atoms with E-state index in [1.54, 1.807) is 37.3 Å². The Bertz CT molecular complexity index is 1260. The summed E-state index contributed by atoms with van der Waals surface area (Å²) in [6.07, 6.45) is -0.897. The molecule has 0 aliphatic heterocycles. The lowest BCUT2D eigenvalue weighted by atomic mass is 10.0. The normalized spacial score (nSPS) is 11.8. The first-order chi connectivity index (χ1) is 14.9. The minimum atomic E-state index is -0.897. The molecule has 0 aliphatic rings. The molecule has 0 saturated carbocycles. The van der Waals surface area contributed by atoms with Crippen LogP contribution in [0.15, 0.2) is 78.9 Å². The van der Waals surface area contributed by atoms with Gasteiger partial charge in [0.05, 0.1) is 16.8 Å². The second kappa shape index (κ2) is 8.52. The monoisotopic (exact) mass is 409 g/mol. The summed E-state index contributed by atoms with van der Waals surface area (Å²) in [4.78, 5) is 30.6. The molecular formula is C27H23NO3. The summed E-state index contributed by atoms with van der Waals surface area (Å²) in [6.45, 7) is 5.59. The van der Waals surface area contributed by atoms with E-state index in [1.807, 2.05) is 62.4 Å². The van der Waals surface area contributed by atoms with Gasteiger partial charge in [-0.25, -0.2) is 9.78 Å². The Morgan fingerprint density at radius 1 is 0.871 bits per heavy atom.